The lowest BCUT2D eigenvalue weighted by Gasteiger charge is -2.35. The number of aryl methyl sites for hydroxylation is 1. The van der Waals surface area contributed by atoms with Crippen molar-refractivity contribution in [2.24, 2.45) is 0 Å². The fraction of sp³-hybridized carbons (Fsp3) is 0.320. The van der Waals surface area contributed by atoms with E-state index in [9.17, 15) is 9.18 Å². The van der Waals surface area contributed by atoms with Crippen molar-refractivity contribution < 1.29 is 9.18 Å². The van der Waals surface area contributed by atoms with Crippen molar-refractivity contribution in [3.8, 4) is 0 Å². The molecule has 1 fully saturated rings. The minimum atomic E-state index is -0.227. The maximum Gasteiger partial charge on any atom is 0.256 e. The van der Waals surface area contributed by atoms with E-state index in [0.717, 1.165) is 48.5 Å². The molecule has 1 saturated heterocycles. The van der Waals surface area contributed by atoms with Gasteiger partial charge in [-0.3, -0.25) is 9.69 Å². The van der Waals surface area contributed by atoms with Crippen LogP contribution in [0, 0.1) is 5.82 Å². The third kappa shape index (κ3) is 4.63. The highest BCUT2D eigenvalue weighted by molar-refractivity contribution is 7.16. The third-order valence-electron chi connectivity index (χ3n) is 5.64. The van der Waals surface area contributed by atoms with Gasteiger partial charge in [0.25, 0.3) is 5.91 Å². The lowest BCUT2D eigenvalue weighted by Crippen LogP contribution is -2.34. The number of hydrogen-bond acceptors (Lipinski definition) is 3. The van der Waals surface area contributed by atoms with Crippen molar-refractivity contribution in [3.63, 3.8) is 0 Å². The van der Waals surface area contributed by atoms with E-state index in [2.05, 4.69) is 23.2 Å². The van der Waals surface area contributed by atoms with Gasteiger partial charge in [0.05, 0.1) is 6.04 Å². The molecule has 3 nitrogen and oxygen atoms in total. The predicted molar refractivity (Wildman–Crippen MR) is 122 cm³/mol. The van der Waals surface area contributed by atoms with Gasteiger partial charge in [0.1, 0.15) is 10.8 Å². The number of benzene rings is 2. The van der Waals surface area contributed by atoms with Gasteiger partial charge in [-0.2, -0.15) is 0 Å². The third-order valence-corrected chi connectivity index (χ3v) is 6.85. The van der Waals surface area contributed by atoms with E-state index in [1.165, 1.54) is 17.4 Å². The van der Waals surface area contributed by atoms with E-state index in [-0.39, 0.29) is 17.8 Å². The maximum atomic E-state index is 14.1. The highest BCUT2D eigenvalue weighted by atomic mass is 32.1. The fourth-order valence-electron chi connectivity index (χ4n) is 4.14. The van der Waals surface area contributed by atoms with Crippen molar-refractivity contribution in [2.75, 3.05) is 18.4 Å². The smallest absolute Gasteiger partial charge is 0.256 e. The van der Waals surface area contributed by atoms with E-state index in [4.69, 9.17) is 0 Å². The molecule has 0 unspecified atom stereocenters. The van der Waals surface area contributed by atoms with E-state index in [0.29, 0.717) is 5.56 Å². The number of halogens is 1. The molecule has 156 valence electrons. The average molecular weight is 423 g/mol. The van der Waals surface area contributed by atoms with Crippen LogP contribution in [0.2, 0.25) is 0 Å². The van der Waals surface area contributed by atoms with Crippen LogP contribution in [0.3, 0.4) is 0 Å². The number of piperidine rings is 1. The van der Waals surface area contributed by atoms with Crippen LogP contribution >= 0.6 is 11.3 Å². The number of likely N-dealkylation sites (tertiary alicyclic amines) is 1. The van der Waals surface area contributed by atoms with Crippen LogP contribution in [-0.4, -0.2) is 23.9 Å². The lowest BCUT2D eigenvalue weighted by atomic mass is 9.95. The van der Waals surface area contributed by atoms with Gasteiger partial charge in [-0.15, -0.1) is 11.3 Å². The standard InChI is InChI=1S/C25H27FN2OS/c1-2-21-17-22(25(30-21)27-24(29)18-10-5-3-6-11-18)23(28-14-7-4-8-15-28)19-12-9-13-20(26)16-19/h3,5-6,9-13,16-17,23H,2,4,7-8,14-15H2,1H3,(H,27,29)/t23-/m0/s1. The highest BCUT2D eigenvalue weighted by Crippen LogP contribution is 2.40. The van der Waals surface area contributed by atoms with Crippen molar-refractivity contribution in [1.82, 2.24) is 4.90 Å². The summed E-state index contributed by atoms with van der Waals surface area (Å²) in [4.78, 5) is 16.5. The zero-order valence-corrected chi connectivity index (χ0v) is 18.1. The number of thiophene rings is 1. The van der Waals surface area contributed by atoms with Crippen LogP contribution in [-0.2, 0) is 6.42 Å². The molecule has 2 heterocycles. The zero-order chi connectivity index (χ0) is 20.9. The van der Waals surface area contributed by atoms with Crippen molar-refractivity contribution >= 4 is 22.2 Å². The van der Waals surface area contributed by atoms with Crippen LogP contribution in [0.5, 0.6) is 0 Å². The molecule has 1 amide bonds. The first-order chi connectivity index (χ1) is 14.7. The first kappa shape index (κ1) is 20.8. The Morgan fingerprint density at radius 3 is 2.53 bits per heavy atom. The number of carbonyl (C=O) groups is 1. The Morgan fingerprint density at radius 2 is 1.83 bits per heavy atom. The average Bonchev–Trinajstić information content (AvgIpc) is 3.18. The van der Waals surface area contributed by atoms with Crippen molar-refractivity contribution in [1.29, 1.82) is 0 Å². The second-order valence-electron chi connectivity index (χ2n) is 7.73. The van der Waals surface area contributed by atoms with Crippen LogP contribution in [0.15, 0.2) is 60.7 Å². The first-order valence-corrected chi connectivity index (χ1v) is 11.5. The van der Waals surface area contributed by atoms with Gasteiger partial charge in [0.15, 0.2) is 0 Å². The lowest BCUT2D eigenvalue weighted by molar-refractivity contribution is 0.102. The monoisotopic (exact) mass is 422 g/mol. The molecule has 2 aromatic carbocycles. The number of rotatable bonds is 6. The van der Waals surface area contributed by atoms with Gasteiger partial charge in [-0.1, -0.05) is 43.7 Å². The molecule has 0 radical (unpaired) electrons. The molecule has 0 aliphatic carbocycles. The summed E-state index contributed by atoms with van der Waals surface area (Å²) in [6.07, 6.45) is 4.41. The highest BCUT2D eigenvalue weighted by Gasteiger charge is 2.28. The zero-order valence-electron chi connectivity index (χ0n) is 17.2. The Balaban J connectivity index is 1.74. The molecule has 1 aromatic heterocycles. The number of carbonyl (C=O) groups excluding carboxylic acids is 1. The Morgan fingerprint density at radius 1 is 1.07 bits per heavy atom. The summed E-state index contributed by atoms with van der Waals surface area (Å²) in [5.74, 6) is -0.340. The number of nitrogens with one attached hydrogen (secondary N) is 1. The summed E-state index contributed by atoms with van der Waals surface area (Å²) in [5, 5.41) is 4.01. The molecule has 0 spiro atoms. The maximum absolute atomic E-state index is 14.1. The summed E-state index contributed by atoms with van der Waals surface area (Å²) in [6.45, 7) is 4.08. The van der Waals surface area contributed by atoms with Gasteiger partial charge >= 0.3 is 0 Å². The first-order valence-electron chi connectivity index (χ1n) is 10.6. The van der Waals surface area contributed by atoms with Crippen LogP contribution in [0.1, 0.15) is 58.6 Å². The molecule has 1 N–H and O–H groups in total. The second-order valence-corrected chi connectivity index (χ2v) is 8.86. The molecule has 5 heteroatoms. The predicted octanol–water partition coefficient (Wildman–Crippen LogP) is 6.28. The molecular weight excluding hydrogens is 395 g/mol. The van der Waals surface area contributed by atoms with Gasteiger partial charge in [-0.25, -0.2) is 4.39 Å². The summed E-state index contributed by atoms with van der Waals surface area (Å²) in [7, 11) is 0. The number of amides is 1. The van der Waals surface area contributed by atoms with Crippen molar-refractivity contribution in [2.45, 2.75) is 38.6 Å². The number of hydrogen-bond donors (Lipinski definition) is 1. The fourth-order valence-corrected chi connectivity index (χ4v) is 5.16. The van der Waals surface area contributed by atoms with Crippen LogP contribution < -0.4 is 5.32 Å². The number of anilines is 1. The normalized spacial score (nSPS) is 15.7. The molecule has 1 aliphatic heterocycles. The second kappa shape index (κ2) is 9.54. The Bertz CT molecular complexity index is 995. The summed E-state index contributed by atoms with van der Waals surface area (Å²) < 4.78 is 14.1. The summed E-state index contributed by atoms with van der Waals surface area (Å²) >= 11 is 1.62. The van der Waals surface area contributed by atoms with Gasteiger partial charge < -0.3 is 5.32 Å². The SMILES string of the molecule is CCc1cc([C@H](c2cccc(F)c2)N2CCCCC2)c(NC(=O)c2ccccc2)s1. The van der Waals surface area contributed by atoms with Gasteiger partial charge in [-0.05, 0) is 68.2 Å². The molecule has 0 bridgehead atoms. The van der Waals surface area contributed by atoms with E-state index in [1.807, 2.05) is 36.4 Å². The quantitative estimate of drug-likeness (QED) is 0.507. The molecule has 4 rings (SSSR count). The minimum Gasteiger partial charge on any atom is -0.313 e. The minimum absolute atomic E-state index is 0.0661. The molecular formula is C25H27FN2OS. The molecule has 0 saturated carbocycles. The van der Waals surface area contributed by atoms with Gasteiger partial charge in [0.2, 0.25) is 0 Å². The van der Waals surface area contributed by atoms with Crippen molar-refractivity contribution in [3.05, 3.63) is 88.0 Å². The Labute approximate surface area is 181 Å². The largest absolute Gasteiger partial charge is 0.313 e. The van der Waals surface area contributed by atoms with E-state index in [1.54, 1.807) is 23.5 Å². The van der Waals surface area contributed by atoms with Crippen LogP contribution in [0.4, 0.5) is 9.39 Å². The molecule has 1 aliphatic rings. The summed E-state index contributed by atoms with van der Waals surface area (Å²) in [5.41, 5.74) is 2.64. The molecule has 3 aromatic rings. The van der Waals surface area contributed by atoms with Gasteiger partial charge in [0, 0.05) is 16.0 Å². The molecule has 1 atom stereocenters. The van der Waals surface area contributed by atoms with E-state index >= 15 is 0 Å². The number of nitrogens with zero attached hydrogens (tertiary/aromatic N) is 1. The van der Waals surface area contributed by atoms with E-state index < -0.39 is 0 Å². The Kier molecular flexibility index (Phi) is 6.60. The molecule has 30 heavy (non-hydrogen) atoms. The topological polar surface area (TPSA) is 32.3 Å². The summed E-state index contributed by atoms with van der Waals surface area (Å²) in [6, 6.07) is 18.3. The van der Waals surface area contributed by atoms with Crippen LogP contribution in [0.25, 0.3) is 0 Å². The Hall–Kier alpha value is -2.50.